The third-order valence-electron chi connectivity index (χ3n) is 7.32. The number of hydrogen-bond donors (Lipinski definition) is 0. The molecule has 3 aliphatic rings. The van der Waals surface area contributed by atoms with E-state index in [0.29, 0.717) is 12.3 Å². The standard InChI is InChI=1S/C25H36N2O3/c28-23(10-6-9-21-7-2-1-3-8-21)26-16-11-22(12-17-26)24(29)27-18-14-25(15-19-27)13-4-5-20-30-25/h1-3,7-8,22H,4-6,9-20H2. The number of nitrogens with zero attached hydrogens (tertiary/aromatic N) is 2. The van der Waals surface area contributed by atoms with Crippen molar-refractivity contribution in [3.63, 3.8) is 0 Å². The molecule has 0 atom stereocenters. The molecule has 0 aromatic heterocycles. The summed E-state index contributed by atoms with van der Waals surface area (Å²) in [5.41, 5.74) is 1.33. The number of carbonyl (C=O) groups is 2. The van der Waals surface area contributed by atoms with E-state index in [-0.39, 0.29) is 17.4 Å². The maximum absolute atomic E-state index is 13.0. The fraction of sp³-hybridized carbons (Fsp3) is 0.680. The second-order valence-electron chi connectivity index (χ2n) is 9.31. The molecule has 5 nitrogen and oxygen atoms in total. The Balaban J connectivity index is 1.17. The highest BCUT2D eigenvalue weighted by atomic mass is 16.5. The first-order valence-electron chi connectivity index (χ1n) is 11.9. The van der Waals surface area contributed by atoms with Gasteiger partial charge in [0.25, 0.3) is 0 Å². The first kappa shape index (κ1) is 21.4. The van der Waals surface area contributed by atoms with Crippen molar-refractivity contribution in [3.8, 4) is 0 Å². The van der Waals surface area contributed by atoms with Crippen molar-refractivity contribution in [2.75, 3.05) is 32.8 Å². The van der Waals surface area contributed by atoms with Crippen LogP contribution in [-0.2, 0) is 20.7 Å². The molecule has 1 aromatic rings. The summed E-state index contributed by atoms with van der Waals surface area (Å²) in [5.74, 6) is 0.628. The Morgan fingerprint density at radius 1 is 0.933 bits per heavy atom. The summed E-state index contributed by atoms with van der Waals surface area (Å²) < 4.78 is 6.10. The van der Waals surface area contributed by atoms with Crippen LogP contribution < -0.4 is 0 Å². The first-order valence-corrected chi connectivity index (χ1v) is 11.9. The predicted octanol–water partition coefficient (Wildman–Crippen LogP) is 3.81. The number of amides is 2. The molecule has 164 valence electrons. The molecule has 3 saturated heterocycles. The van der Waals surface area contributed by atoms with E-state index in [1.807, 2.05) is 23.1 Å². The molecule has 2 amide bonds. The van der Waals surface area contributed by atoms with Crippen molar-refractivity contribution in [2.45, 2.75) is 69.8 Å². The van der Waals surface area contributed by atoms with Gasteiger partial charge in [-0.1, -0.05) is 30.3 Å². The van der Waals surface area contributed by atoms with Gasteiger partial charge in [-0.15, -0.1) is 0 Å². The van der Waals surface area contributed by atoms with Gasteiger partial charge in [0.1, 0.15) is 0 Å². The molecular weight excluding hydrogens is 376 g/mol. The van der Waals surface area contributed by atoms with Crippen molar-refractivity contribution >= 4 is 11.8 Å². The zero-order chi connectivity index (χ0) is 20.8. The van der Waals surface area contributed by atoms with Crippen molar-refractivity contribution in [2.24, 2.45) is 5.92 Å². The molecule has 1 spiro atoms. The van der Waals surface area contributed by atoms with Crippen LogP contribution in [0, 0.1) is 5.92 Å². The lowest BCUT2D eigenvalue weighted by molar-refractivity contribution is -0.149. The molecular formula is C25H36N2O3. The summed E-state index contributed by atoms with van der Waals surface area (Å²) in [6.45, 7) is 3.99. The first-order chi connectivity index (χ1) is 14.7. The average molecular weight is 413 g/mol. The summed E-state index contributed by atoms with van der Waals surface area (Å²) in [6.07, 6.45) is 9.60. The normalized spacial score (nSPS) is 22.3. The van der Waals surface area contributed by atoms with Crippen LogP contribution in [0.25, 0.3) is 0 Å². The van der Waals surface area contributed by atoms with E-state index in [0.717, 1.165) is 77.7 Å². The predicted molar refractivity (Wildman–Crippen MR) is 117 cm³/mol. The molecule has 0 bridgehead atoms. The van der Waals surface area contributed by atoms with Crippen LogP contribution in [-0.4, -0.2) is 60.0 Å². The third kappa shape index (κ3) is 5.23. The van der Waals surface area contributed by atoms with E-state index in [2.05, 4.69) is 17.0 Å². The third-order valence-corrected chi connectivity index (χ3v) is 7.32. The zero-order valence-corrected chi connectivity index (χ0v) is 18.2. The van der Waals surface area contributed by atoms with Gasteiger partial charge >= 0.3 is 0 Å². The lowest BCUT2D eigenvalue weighted by Crippen LogP contribution is -2.51. The van der Waals surface area contributed by atoms with Crippen LogP contribution in [0.2, 0.25) is 0 Å². The van der Waals surface area contributed by atoms with E-state index in [9.17, 15) is 9.59 Å². The van der Waals surface area contributed by atoms with E-state index in [1.54, 1.807) is 0 Å². The number of ether oxygens (including phenoxy) is 1. The van der Waals surface area contributed by atoms with Crippen LogP contribution in [0.5, 0.6) is 0 Å². The number of aryl methyl sites for hydroxylation is 1. The van der Waals surface area contributed by atoms with Gasteiger partial charge in [-0.05, 0) is 63.4 Å². The number of hydrogen-bond acceptors (Lipinski definition) is 3. The molecule has 0 N–H and O–H groups in total. The Morgan fingerprint density at radius 2 is 1.67 bits per heavy atom. The monoisotopic (exact) mass is 412 g/mol. The molecule has 0 aliphatic carbocycles. The van der Waals surface area contributed by atoms with Gasteiger partial charge in [0.15, 0.2) is 0 Å². The molecule has 30 heavy (non-hydrogen) atoms. The van der Waals surface area contributed by atoms with Crippen molar-refractivity contribution in [1.29, 1.82) is 0 Å². The molecule has 4 rings (SSSR count). The largest absolute Gasteiger partial charge is 0.375 e. The highest BCUT2D eigenvalue weighted by Crippen LogP contribution is 2.35. The Morgan fingerprint density at radius 3 is 2.33 bits per heavy atom. The van der Waals surface area contributed by atoms with Crippen molar-refractivity contribution < 1.29 is 14.3 Å². The van der Waals surface area contributed by atoms with E-state index in [4.69, 9.17) is 4.74 Å². The van der Waals surface area contributed by atoms with Gasteiger partial charge in [-0.2, -0.15) is 0 Å². The fourth-order valence-electron chi connectivity index (χ4n) is 5.32. The van der Waals surface area contributed by atoms with Gasteiger partial charge in [0, 0.05) is 45.1 Å². The minimum Gasteiger partial charge on any atom is -0.375 e. The van der Waals surface area contributed by atoms with Crippen molar-refractivity contribution in [3.05, 3.63) is 35.9 Å². The average Bonchev–Trinajstić information content (AvgIpc) is 2.80. The highest BCUT2D eigenvalue weighted by Gasteiger charge is 2.39. The van der Waals surface area contributed by atoms with E-state index < -0.39 is 0 Å². The number of likely N-dealkylation sites (tertiary alicyclic amines) is 2. The van der Waals surface area contributed by atoms with Gasteiger partial charge in [-0.25, -0.2) is 0 Å². The highest BCUT2D eigenvalue weighted by molar-refractivity contribution is 5.80. The lowest BCUT2D eigenvalue weighted by Gasteiger charge is -2.45. The fourth-order valence-corrected chi connectivity index (χ4v) is 5.32. The molecule has 0 radical (unpaired) electrons. The SMILES string of the molecule is O=C(CCCc1ccccc1)N1CCC(C(=O)N2CCC3(CCCCO3)CC2)CC1. The van der Waals surface area contributed by atoms with Gasteiger partial charge < -0.3 is 14.5 Å². The number of carbonyl (C=O) groups excluding carboxylic acids is 2. The Bertz CT molecular complexity index is 696. The zero-order valence-electron chi connectivity index (χ0n) is 18.2. The topological polar surface area (TPSA) is 49.9 Å². The quantitative estimate of drug-likeness (QED) is 0.739. The van der Waals surface area contributed by atoms with Crippen LogP contribution in [0.1, 0.15) is 63.4 Å². The summed E-state index contributed by atoms with van der Waals surface area (Å²) in [4.78, 5) is 29.6. The number of benzene rings is 1. The Labute approximate surface area is 180 Å². The molecule has 0 unspecified atom stereocenters. The minimum atomic E-state index is 0.0462. The molecule has 0 saturated carbocycles. The maximum atomic E-state index is 13.0. The van der Waals surface area contributed by atoms with Crippen molar-refractivity contribution in [1.82, 2.24) is 9.80 Å². The Hall–Kier alpha value is -1.88. The van der Waals surface area contributed by atoms with Gasteiger partial charge in [-0.3, -0.25) is 9.59 Å². The molecule has 5 heteroatoms. The molecule has 3 heterocycles. The lowest BCUT2D eigenvalue weighted by atomic mass is 9.84. The smallest absolute Gasteiger partial charge is 0.225 e. The number of rotatable bonds is 5. The molecule has 3 fully saturated rings. The second-order valence-corrected chi connectivity index (χ2v) is 9.31. The number of piperidine rings is 2. The van der Waals surface area contributed by atoms with Crippen LogP contribution >= 0.6 is 0 Å². The van der Waals surface area contributed by atoms with E-state index >= 15 is 0 Å². The summed E-state index contributed by atoms with van der Waals surface area (Å²) in [6, 6.07) is 10.3. The van der Waals surface area contributed by atoms with Gasteiger partial charge in [0.2, 0.25) is 11.8 Å². The minimum absolute atomic E-state index is 0.0462. The van der Waals surface area contributed by atoms with Crippen LogP contribution in [0.4, 0.5) is 0 Å². The van der Waals surface area contributed by atoms with Crippen LogP contribution in [0.15, 0.2) is 30.3 Å². The molecule has 3 aliphatic heterocycles. The second kappa shape index (κ2) is 9.95. The summed E-state index contributed by atoms with van der Waals surface area (Å²) in [7, 11) is 0. The maximum Gasteiger partial charge on any atom is 0.225 e. The van der Waals surface area contributed by atoms with E-state index in [1.165, 1.54) is 18.4 Å². The Kier molecular flexibility index (Phi) is 7.08. The van der Waals surface area contributed by atoms with Gasteiger partial charge in [0.05, 0.1) is 5.60 Å². The van der Waals surface area contributed by atoms with Crippen LogP contribution in [0.3, 0.4) is 0 Å². The molecule has 1 aromatic carbocycles. The summed E-state index contributed by atoms with van der Waals surface area (Å²) in [5, 5.41) is 0. The summed E-state index contributed by atoms with van der Waals surface area (Å²) >= 11 is 0.